The first-order chi connectivity index (χ1) is 12.1. The highest BCUT2D eigenvalue weighted by Crippen LogP contribution is 2.36. The van der Waals surface area contributed by atoms with Crippen molar-refractivity contribution in [1.29, 1.82) is 0 Å². The maximum Gasteiger partial charge on any atom is 0.410 e. The van der Waals surface area contributed by atoms with Gasteiger partial charge in [-0.15, -0.1) is 0 Å². The molecule has 0 saturated carbocycles. The van der Waals surface area contributed by atoms with Gasteiger partial charge in [-0.3, -0.25) is 4.79 Å². The lowest BCUT2D eigenvalue weighted by molar-refractivity contribution is 0.000860. The Morgan fingerprint density at radius 1 is 1.42 bits per heavy atom. The molecular formula is C17H19BrFIN2O4. The van der Waals surface area contributed by atoms with E-state index < -0.39 is 17.5 Å². The normalized spacial score (nSPS) is 20.1. The molecule has 9 heteroatoms. The van der Waals surface area contributed by atoms with Crippen LogP contribution in [0.2, 0.25) is 0 Å². The van der Waals surface area contributed by atoms with Gasteiger partial charge in [0.15, 0.2) is 11.6 Å². The topological polar surface area (TPSA) is 59.1 Å². The van der Waals surface area contributed by atoms with Crippen LogP contribution in [-0.4, -0.2) is 59.7 Å². The molecule has 0 spiro atoms. The summed E-state index contributed by atoms with van der Waals surface area (Å²) in [6, 6.07) is 1.26. The van der Waals surface area contributed by atoms with Gasteiger partial charge in [0.1, 0.15) is 12.2 Å². The average Bonchev–Trinajstić information content (AvgIpc) is 2.69. The van der Waals surface area contributed by atoms with Gasteiger partial charge >= 0.3 is 6.09 Å². The summed E-state index contributed by atoms with van der Waals surface area (Å²) in [5.41, 5.74) is -0.380. The first kappa shape index (κ1) is 19.7. The van der Waals surface area contributed by atoms with E-state index in [-0.39, 0.29) is 40.9 Å². The molecule has 1 atom stereocenters. The third-order valence-electron chi connectivity index (χ3n) is 4.16. The van der Waals surface area contributed by atoms with Crippen molar-refractivity contribution in [3.05, 3.63) is 25.5 Å². The van der Waals surface area contributed by atoms with Crippen LogP contribution in [0.1, 0.15) is 31.1 Å². The van der Waals surface area contributed by atoms with Crippen molar-refractivity contribution in [1.82, 2.24) is 9.80 Å². The monoisotopic (exact) mass is 540 g/mol. The Bertz CT molecular complexity index is 768. The number of halogens is 3. The zero-order chi connectivity index (χ0) is 19.2. The van der Waals surface area contributed by atoms with Crippen LogP contribution in [0.15, 0.2) is 10.5 Å². The van der Waals surface area contributed by atoms with Crippen molar-refractivity contribution < 1.29 is 23.5 Å². The van der Waals surface area contributed by atoms with Gasteiger partial charge in [0.2, 0.25) is 0 Å². The molecule has 2 aliphatic rings. The molecule has 2 heterocycles. The standard InChI is InChI=1S/C17H19BrFIN2O4/c1-17(2,3)26-16(24)21-4-5-22-9(7-21)8-25-14-10(15(22)23)6-11(20)12(18)13(14)19/h6,9H,4-5,7-8H2,1-3H3/t9-/m1/s1. The van der Waals surface area contributed by atoms with E-state index in [4.69, 9.17) is 9.47 Å². The zero-order valence-electron chi connectivity index (χ0n) is 14.6. The molecule has 1 fully saturated rings. The van der Waals surface area contributed by atoms with E-state index in [1.807, 2.05) is 22.6 Å². The Hall–Kier alpha value is -1.10. The fourth-order valence-corrected chi connectivity index (χ4v) is 3.81. The Kier molecular flexibility index (Phi) is 5.40. The molecule has 1 saturated heterocycles. The quantitative estimate of drug-likeness (QED) is 0.372. The van der Waals surface area contributed by atoms with Gasteiger partial charge in [-0.05, 0) is 65.4 Å². The van der Waals surface area contributed by atoms with Gasteiger partial charge in [-0.25, -0.2) is 9.18 Å². The lowest BCUT2D eigenvalue weighted by Gasteiger charge is -2.40. The number of amides is 2. The summed E-state index contributed by atoms with van der Waals surface area (Å²) in [6.07, 6.45) is -0.421. The van der Waals surface area contributed by atoms with Crippen LogP contribution in [0.4, 0.5) is 9.18 Å². The van der Waals surface area contributed by atoms with E-state index in [0.717, 1.165) is 0 Å². The van der Waals surface area contributed by atoms with E-state index in [9.17, 15) is 14.0 Å². The van der Waals surface area contributed by atoms with Crippen LogP contribution < -0.4 is 4.74 Å². The maximum atomic E-state index is 14.5. The van der Waals surface area contributed by atoms with Crippen LogP contribution in [0.25, 0.3) is 0 Å². The second-order valence-electron chi connectivity index (χ2n) is 7.25. The molecule has 0 aromatic heterocycles. The lowest BCUT2D eigenvalue weighted by Crippen LogP contribution is -2.58. The molecule has 2 aliphatic heterocycles. The molecule has 0 radical (unpaired) electrons. The Balaban J connectivity index is 1.83. The number of fused-ring (bicyclic) bond motifs is 2. The van der Waals surface area contributed by atoms with Gasteiger partial charge in [0, 0.05) is 23.2 Å². The van der Waals surface area contributed by atoms with E-state index in [1.54, 1.807) is 36.6 Å². The highest BCUT2D eigenvalue weighted by Gasteiger charge is 2.39. The number of carbonyl (C=O) groups excluding carboxylic acids is 2. The summed E-state index contributed by atoms with van der Waals surface area (Å²) in [5, 5.41) is 0. The Morgan fingerprint density at radius 2 is 2.12 bits per heavy atom. The van der Waals surface area contributed by atoms with Gasteiger partial charge in [0.05, 0.1) is 16.1 Å². The number of piperazine rings is 1. The number of nitrogens with zero attached hydrogens (tertiary/aromatic N) is 2. The number of ether oxygens (including phenoxy) is 2. The molecule has 0 unspecified atom stereocenters. The van der Waals surface area contributed by atoms with Crippen LogP contribution >= 0.6 is 38.5 Å². The lowest BCUT2D eigenvalue weighted by atomic mass is 10.1. The number of benzene rings is 1. The molecule has 2 amide bonds. The number of rotatable bonds is 0. The summed E-state index contributed by atoms with van der Waals surface area (Å²) < 4.78 is 26.4. The van der Waals surface area contributed by atoms with E-state index >= 15 is 0 Å². The van der Waals surface area contributed by atoms with Crippen molar-refractivity contribution in [2.24, 2.45) is 0 Å². The van der Waals surface area contributed by atoms with Crippen molar-refractivity contribution >= 4 is 50.5 Å². The van der Waals surface area contributed by atoms with E-state index in [0.29, 0.717) is 16.7 Å². The first-order valence-corrected chi connectivity index (χ1v) is 10.0. The molecular weight excluding hydrogens is 522 g/mol. The summed E-state index contributed by atoms with van der Waals surface area (Å²) in [5.74, 6) is -0.903. The molecule has 0 N–H and O–H groups in total. The van der Waals surface area contributed by atoms with E-state index in [1.165, 1.54) is 0 Å². The van der Waals surface area contributed by atoms with Gasteiger partial charge in [-0.2, -0.15) is 0 Å². The fourth-order valence-electron chi connectivity index (χ4n) is 2.97. The molecule has 1 aromatic carbocycles. The van der Waals surface area contributed by atoms with Crippen LogP contribution in [-0.2, 0) is 4.74 Å². The highest BCUT2D eigenvalue weighted by molar-refractivity contribution is 14.1. The van der Waals surface area contributed by atoms with Gasteiger partial charge < -0.3 is 19.3 Å². The van der Waals surface area contributed by atoms with Crippen LogP contribution in [0.5, 0.6) is 5.75 Å². The van der Waals surface area contributed by atoms with Crippen LogP contribution in [0, 0.1) is 9.39 Å². The summed E-state index contributed by atoms with van der Waals surface area (Å²) >= 11 is 5.15. The Labute approximate surface area is 173 Å². The molecule has 6 nitrogen and oxygen atoms in total. The molecule has 0 bridgehead atoms. The number of hydrogen-bond donors (Lipinski definition) is 0. The first-order valence-electron chi connectivity index (χ1n) is 8.17. The van der Waals surface area contributed by atoms with Crippen molar-refractivity contribution in [2.45, 2.75) is 32.4 Å². The second kappa shape index (κ2) is 7.14. The maximum absolute atomic E-state index is 14.5. The molecule has 0 aliphatic carbocycles. The van der Waals surface area contributed by atoms with Gasteiger partial charge in [0.25, 0.3) is 5.91 Å². The minimum absolute atomic E-state index is 0.0412. The second-order valence-corrected chi connectivity index (χ2v) is 9.21. The predicted molar refractivity (Wildman–Crippen MR) is 105 cm³/mol. The molecule has 3 rings (SSSR count). The third-order valence-corrected chi connectivity index (χ3v) is 6.53. The smallest absolute Gasteiger partial charge is 0.410 e. The molecule has 1 aromatic rings. The van der Waals surface area contributed by atoms with E-state index in [2.05, 4.69) is 15.9 Å². The summed E-state index contributed by atoms with van der Waals surface area (Å²) in [6.45, 7) is 6.52. The van der Waals surface area contributed by atoms with Crippen molar-refractivity contribution in [3.8, 4) is 5.75 Å². The van der Waals surface area contributed by atoms with Crippen molar-refractivity contribution in [3.63, 3.8) is 0 Å². The summed E-state index contributed by atoms with van der Waals surface area (Å²) in [4.78, 5) is 28.4. The molecule has 26 heavy (non-hydrogen) atoms. The highest BCUT2D eigenvalue weighted by atomic mass is 127. The third kappa shape index (κ3) is 3.78. The SMILES string of the molecule is CC(C)(C)OC(=O)N1CCN2C(=O)c3cc(I)c(Br)c(F)c3OC[C@H]2C1. The zero-order valence-corrected chi connectivity index (χ0v) is 18.4. The molecule has 142 valence electrons. The Morgan fingerprint density at radius 3 is 2.77 bits per heavy atom. The van der Waals surface area contributed by atoms with Crippen molar-refractivity contribution in [2.75, 3.05) is 26.2 Å². The minimum atomic E-state index is -0.591. The predicted octanol–water partition coefficient (Wildman–Crippen LogP) is 3.65. The largest absolute Gasteiger partial charge is 0.487 e. The number of hydrogen-bond acceptors (Lipinski definition) is 4. The average molecular weight is 541 g/mol. The minimum Gasteiger partial charge on any atom is -0.487 e. The van der Waals surface area contributed by atoms with Crippen LogP contribution in [0.3, 0.4) is 0 Å². The fraction of sp³-hybridized carbons (Fsp3) is 0.529. The summed E-state index contributed by atoms with van der Waals surface area (Å²) in [7, 11) is 0. The number of carbonyl (C=O) groups is 2. The van der Waals surface area contributed by atoms with Gasteiger partial charge in [-0.1, -0.05) is 0 Å².